The van der Waals surface area contributed by atoms with Gasteiger partial charge in [-0.15, -0.1) is 0 Å². The quantitative estimate of drug-likeness (QED) is 0.355. The van der Waals surface area contributed by atoms with E-state index in [9.17, 15) is 0 Å². The summed E-state index contributed by atoms with van der Waals surface area (Å²) in [6, 6.07) is 29.8. The Hall–Kier alpha value is -2.58. The minimum absolute atomic E-state index is 0.416. The van der Waals surface area contributed by atoms with Crippen molar-refractivity contribution in [2.75, 3.05) is 20.2 Å². The smallest absolute Gasteiger partial charge is 0.122 e. The first kappa shape index (κ1) is 23.2. The van der Waals surface area contributed by atoms with E-state index in [1.165, 1.54) is 54.6 Å². The van der Waals surface area contributed by atoms with Crippen molar-refractivity contribution in [3.8, 4) is 5.75 Å². The van der Waals surface area contributed by atoms with Gasteiger partial charge in [0.25, 0.3) is 0 Å². The summed E-state index contributed by atoms with van der Waals surface area (Å²) >= 11 is 0. The summed E-state index contributed by atoms with van der Waals surface area (Å²) in [4.78, 5) is 2.82. The highest BCUT2D eigenvalue weighted by Crippen LogP contribution is 2.47. The highest BCUT2D eigenvalue weighted by Gasteiger charge is 2.46. The van der Waals surface area contributed by atoms with Crippen LogP contribution in [-0.2, 0) is 6.42 Å². The molecule has 3 aliphatic rings. The molecule has 3 aliphatic heterocycles. The summed E-state index contributed by atoms with van der Waals surface area (Å²) in [6.07, 6.45) is 5.01. The molecule has 0 saturated carbocycles. The summed E-state index contributed by atoms with van der Waals surface area (Å²) < 4.78 is 5.78. The van der Waals surface area contributed by atoms with Crippen molar-refractivity contribution in [3.63, 3.8) is 0 Å². The molecule has 0 amide bonds. The fourth-order valence-electron chi connectivity index (χ4n) is 6.64. The van der Waals surface area contributed by atoms with Crippen LogP contribution in [0.3, 0.4) is 0 Å². The van der Waals surface area contributed by atoms with Crippen LogP contribution in [0.15, 0.2) is 78.9 Å². The second-order valence-corrected chi connectivity index (χ2v) is 10.6. The molecule has 0 radical (unpaired) electrons. The third-order valence-electron chi connectivity index (χ3n) is 8.42. The fraction of sp³-hybridized carbons (Fsp3) is 0.438. The van der Waals surface area contributed by atoms with Gasteiger partial charge in [0.05, 0.1) is 7.11 Å². The second kappa shape index (κ2) is 10.4. The maximum Gasteiger partial charge on any atom is 0.122 e. The second-order valence-electron chi connectivity index (χ2n) is 10.6. The van der Waals surface area contributed by atoms with Gasteiger partial charge in [-0.1, -0.05) is 86.6 Å². The van der Waals surface area contributed by atoms with E-state index in [1.807, 2.05) is 7.11 Å². The van der Waals surface area contributed by atoms with Crippen LogP contribution in [0.5, 0.6) is 5.75 Å². The van der Waals surface area contributed by atoms with Gasteiger partial charge in [-0.3, -0.25) is 4.90 Å². The molecule has 2 nitrogen and oxygen atoms in total. The molecule has 0 spiro atoms. The van der Waals surface area contributed by atoms with Gasteiger partial charge in [-0.05, 0) is 84.8 Å². The van der Waals surface area contributed by atoms with Crippen LogP contribution in [0, 0.1) is 11.8 Å². The average Bonchev–Trinajstić information content (AvgIpc) is 2.89. The van der Waals surface area contributed by atoms with Crippen molar-refractivity contribution < 1.29 is 4.74 Å². The van der Waals surface area contributed by atoms with Crippen molar-refractivity contribution in [1.82, 2.24) is 4.90 Å². The van der Waals surface area contributed by atoms with Crippen molar-refractivity contribution in [3.05, 3.63) is 101 Å². The van der Waals surface area contributed by atoms with Crippen molar-refractivity contribution >= 4 is 0 Å². The molecule has 3 aromatic rings. The molecular formula is C32H39NO. The number of ether oxygens (including phenoxy) is 1. The first-order chi connectivity index (χ1) is 16.7. The van der Waals surface area contributed by atoms with Gasteiger partial charge >= 0.3 is 0 Å². The third kappa shape index (κ3) is 4.66. The normalized spacial score (nSPS) is 24.0. The standard InChI is InChI=1S/C32H39NO/c1-23(2)27-15-17-30(34-3)28(22-27)14-16-29-24-18-20-33(21-19-24)32(29)31(25-10-6-4-7-11-25)26-12-8-5-9-13-26/h4-13,15,17,22-24,29,31-32H,14,16,18-21H2,1-3H3. The Morgan fingerprint density at radius 1 is 0.824 bits per heavy atom. The van der Waals surface area contributed by atoms with Crippen LogP contribution < -0.4 is 4.74 Å². The van der Waals surface area contributed by atoms with Gasteiger partial charge in [-0.2, -0.15) is 0 Å². The SMILES string of the molecule is COc1ccc(C(C)C)cc1CCC1C2CCN(CC2)C1C(c1ccccc1)c1ccccc1. The van der Waals surface area contributed by atoms with E-state index in [2.05, 4.69) is 97.6 Å². The first-order valence-corrected chi connectivity index (χ1v) is 13.2. The van der Waals surface area contributed by atoms with E-state index in [-0.39, 0.29) is 0 Å². The minimum atomic E-state index is 0.416. The zero-order valence-electron chi connectivity index (χ0n) is 21.0. The molecule has 3 aromatic carbocycles. The van der Waals surface area contributed by atoms with E-state index < -0.39 is 0 Å². The van der Waals surface area contributed by atoms with Gasteiger partial charge in [0.15, 0.2) is 0 Å². The molecule has 0 aromatic heterocycles. The molecule has 2 unspecified atom stereocenters. The molecular weight excluding hydrogens is 414 g/mol. The molecule has 2 bridgehead atoms. The van der Waals surface area contributed by atoms with E-state index in [0.29, 0.717) is 23.8 Å². The molecule has 34 heavy (non-hydrogen) atoms. The van der Waals surface area contributed by atoms with E-state index in [1.54, 1.807) is 0 Å². The predicted octanol–water partition coefficient (Wildman–Crippen LogP) is 7.29. The molecule has 0 N–H and O–H groups in total. The number of aryl methyl sites for hydroxylation is 1. The van der Waals surface area contributed by atoms with Gasteiger partial charge in [0, 0.05) is 12.0 Å². The molecule has 3 fully saturated rings. The maximum atomic E-state index is 5.78. The topological polar surface area (TPSA) is 12.5 Å². The lowest BCUT2D eigenvalue weighted by Gasteiger charge is -2.54. The van der Waals surface area contributed by atoms with E-state index in [0.717, 1.165) is 18.1 Å². The lowest BCUT2D eigenvalue weighted by Crippen LogP contribution is -2.57. The maximum absolute atomic E-state index is 5.78. The van der Waals surface area contributed by atoms with Crippen LogP contribution in [0.4, 0.5) is 0 Å². The highest BCUT2D eigenvalue weighted by molar-refractivity contribution is 5.39. The Morgan fingerprint density at radius 3 is 2.00 bits per heavy atom. The molecule has 3 saturated heterocycles. The van der Waals surface area contributed by atoms with E-state index in [4.69, 9.17) is 4.74 Å². The number of nitrogens with zero attached hydrogens (tertiary/aromatic N) is 1. The monoisotopic (exact) mass is 453 g/mol. The number of fused-ring (bicyclic) bond motifs is 3. The Labute approximate surface area is 206 Å². The molecule has 6 rings (SSSR count). The van der Waals surface area contributed by atoms with Crippen LogP contribution >= 0.6 is 0 Å². The number of hydrogen-bond acceptors (Lipinski definition) is 2. The predicted molar refractivity (Wildman–Crippen MR) is 142 cm³/mol. The Kier molecular flexibility index (Phi) is 7.06. The third-order valence-corrected chi connectivity index (χ3v) is 8.42. The Bertz CT molecular complexity index is 1010. The average molecular weight is 454 g/mol. The van der Waals surface area contributed by atoms with Crippen LogP contribution in [-0.4, -0.2) is 31.1 Å². The number of methoxy groups -OCH3 is 1. The zero-order valence-corrected chi connectivity index (χ0v) is 21.0. The van der Waals surface area contributed by atoms with Gasteiger partial charge in [0.1, 0.15) is 5.75 Å². The van der Waals surface area contributed by atoms with E-state index >= 15 is 0 Å². The van der Waals surface area contributed by atoms with Gasteiger partial charge < -0.3 is 4.74 Å². The minimum Gasteiger partial charge on any atom is -0.496 e. The largest absolute Gasteiger partial charge is 0.496 e. The van der Waals surface area contributed by atoms with Crippen molar-refractivity contribution in [2.24, 2.45) is 11.8 Å². The summed E-state index contributed by atoms with van der Waals surface area (Å²) in [5.41, 5.74) is 5.69. The van der Waals surface area contributed by atoms with Crippen LogP contribution in [0.25, 0.3) is 0 Å². The van der Waals surface area contributed by atoms with Crippen LogP contribution in [0.2, 0.25) is 0 Å². The number of benzene rings is 3. The Morgan fingerprint density at radius 2 is 1.44 bits per heavy atom. The lowest BCUT2D eigenvalue weighted by molar-refractivity contribution is -0.0212. The molecule has 3 heterocycles. The highest BCUT2D eigenvalue weighted by atomic mass is 16.5. The molecule has 2 heteroatoms. The molecule has 178 valence electrons. The summed E-state index contributed by atoms with van der Waals surface area (Å²) in [6.45, 7) is 7.04. The summed E-state index contributed by atoms with van der Waals surface area (Å²) in [7, 11) is 1.81. The molecule has 2 atom stereocenters. The van der Waals surface area contributed by atoms with Gasteiger partial charge in [-0.25, -0.2) is 0 Å². The van der Waals surface area contributed by atoms with Crippen molar-refractivity contribution in [2.45, 2.75) is 57.4 Å². The molecule has 0 aliphatic carbocycles. The first-order valence-electron chi connectivity index (χ1n) is 13.2. The van der Waals surface area contributed by atoms with Crippen LogP contribution in [0.1, 0.15) is 67.2 Å². The number of hydrogen-bond donors (Lipinski definition) is 0. The lowest BCUT2D eigenvalue weighted by atomic mass is 9.65. The fourth-order valence-corrected chi connectivity index (χ4v) is 6.64. The number of rotatable bonds is 8. The van der Waals surface area contributed by atoms with Gasteiger partial charge in [0.2, 0.25) is 0 Å². The summed E-state index contributed by atoms with van der Waals surface area (Å²) in [5, 5.41) is 0. The Balaban J connectivity index is 1.48. The zero-order chi connectivity index (χ0) is 23.5. The summed E-state index contributed by atoms with van der Waals surface area (Å²) in [5.74, 6) is 3.52. The van der Waals surface area contributed by atoms with Crippen molar-refractivity contribution in [1.29, 1.82) is 0 Å². The number of piperidine rings is 3.